The van der Waals surface area contributed by atoms with Crippen LogP contribution in [0.3, 0.4) is 0 Å². The number of hydrogen-bond donors (Lipinski definition) is 1. The van der Waals surface area contributed by atoms with Gasteiger partial charge in [-0.3, -0.25) is 14.9 Å². The minimum atomic E-state index is -0.989. The van der Waals surface area contributed by atoms with Crippen LogP contribution in [-0.2, 0) is 0 Å². The number of aromatic nitrogens is 2. The first-order chi connectivity index (χ1) is 8.50. The lowest BCUT2D eigenvalue weighted by atomic mass is 10.1. The molecule has 0 unspecified atom stereocenters. The number of nitro groups is 1. The minimum absolute atomic E-state index is 0.0220. The number of aromatic amines is 1. The molecule has 6 nitrogen and oxygen atoms in total. The first-order valence-corrected chi connectivity index (χ1v) is 5.01. The van der Waals surface area contributed by atoms with Gasteiger partial charge in [0.2, 0.25) is 5.82 Å². The van der Waals surface area contributed by atoms with Gasteiger partial charge in [0.05, 0.1) is 16.2 Å². The zero-order valence-corrected chi connectivity index (χ0v) is 9.31. The highest BCUT2D eigenvalue weighted by molar-refractivity contribution is 5.67. The van der Waals surface area contributed by atoms with Crippen LogP contribution in [-0.4, -0.2) is 14.9 Å². The van der Waals surface area contributed by atoms with Gasteiger partial charge < -0.3 is 4.98 Å². The standard InChI is InChI=1S/C11H8FN3O3/c1-6-9(12)11(16)14-10(13-6)7-4-2-3-5-8(7)15(17)18/h2-5H,1H3,(H,13,14,16). The number of aryl methyl sites for hydroxylation is 1. The van der Waals surface area contributed by atoms with Gasteiger partial charge in [-0.05, 0) is 13.0 Å². The van der Waals surface area contributed by atoms with Crippen molar-refractivity contribution < 1.29 is 9.31 Å². The molecular weight excluding hydrogens is 241 g/mol. The van der Waals surface area contributed by atoms with Gasteiger partial charge in [-0.25, -0.2) is 4.98 Å². The zero-order chi connectivity index (χ0) is 13.3. The highest BCUT2D eigenvalue weighted by Gasteiger charge is 2.17. The van der Waals surface area contributed by atoms with Crippen LogP contribution in [0.4, 0.5) is 10.1 Å². The van der Waals surface area contributed by atoms with E-state index in [1.165, 1.54) is 25.1 Å². The lowest BCUT2D eigenvalue weighted by molar-refractivity contribution is -0.384. The molecule has 2 rings (SSSR count). The molecule has 18 heavy (non-hydrogen) atoms. The van der Waals surface area contributed by atoms with Crippen molar-refractivity contribution in [2.75, 3.05) is 0 Å². The Morgan fingerprint density at radius 2 is 2.06 bits per heavy atom. The summed E-state index contributed by atoms with van der Waals surface area (Å²) in [6.07, 6.45) is 0. The van der Waals surface area contributed by atoms with E-state index in [1.54, 1.807) is 6.07 Å². The molecule has 0 atom stereocenters. The molecule has 0 spiro atoms. The summed E-state index contributed by atoms with van der Waals surface area (Å²) in [7, 11) is 0. The molecule has 0 amide bonds. The van der Waals surface area contributed by atoms with Crippen LogP contribution in [0, 0.1) is 22.9 Å². The third-order valence-electron chi connectivity index (χ3n) is 2.38. The molecule has 2 aromatic rings. The number of rotatable bonds is 2. The number of nitrogens with one attached hydrogen (secondary N) is 1. The lowest BCUT2D eigenvalue weighted by Crippen LogP contribution is -2.15. The average molecular weight is 249 g/mol. The van der Waals surface area contributed by atoms with Crippen molar-refractivity contribution in [2.24, 2.45) is 0 Å². The first-order valence-electron chi connectivity index (χ1n) is 5.01. The topological polar surface area (TPSA) is 88.9 Å². The van der Waals surface area contributed by atoms with Gasteiger partial charge in [0.1, 0.15) is 5.82 Å². The van der Waals surface area contributed by atoms with E-state index in [2.05, 4.69) is 9.97 Å². The number of nitro benzene ring substituents is 1. The molecule has 0 saturated heterocycles. The summed E-state index contributed by atoms with van der Waals surface area (Å²) in [6.45, 7) is 1.32. The van der Waals surface area contributed by atoms with Crippen molar-refractivity contribution in [3.8, 4) is 11.4 Å². The third-order valence-corrected chi connectivity index (χ3v) is 2.38. The van der Waals surface area contributed by atoms with E-state index in [0.717, 1.165) is 0 Å². The van der Waals surface area contributed by atoms with Crippen LogP contribution in [0.15, 0.2) is 29.1 Å². The number of para-hydroxylation sites is 1. The van der Waals surface area contributed by atoms with Crippen LogP contribution in [0.25, 0.3) is 11.4 Å². The number of benzene rings is 1. The van der Waals surface area contributed by atoms with Gasteiger partial charge in [-0.1, -0.05) is 12.1 Å². The molecule has 0 aliphatic carbocycles. The van der Waals surface area contributed by atoms with E-state index >= 15 is 0 Å². The first kappa shape index (κ1) is 11.9. The Kier molecular flexibility index (Phi) is 2.88. The van der Waals surface area contributed by atoms with Crippen molar-refractivity contribution in [3.05, 3.63) is 56.2 Å². The monoisotopic (exact) mass is 249 g/mol. The number of hydrogen-bond acceptors (Lipinski definition) is 4. The molecule has 0 bridgehead atoms. The van der Waals surface area contributed by atoms with Crippen LogP contribution in [0.2, 0.25) is 0 Å². The Hall–Kier alpha value is -2.57. The maximum absolute atomic E-state index is 13.1. The second-order valence-corrected chi connectivity index (χ2v) is 3.59. The fraction of sp³-hybridized carbons (Fsp3) is 0.0909. The molecule has 92 valence electrons. The highest BCUT2D eigenvalue weighted by atomic mass is 19.1. The van der Waals surface area contributed by atoms with Gasteiger partial charge in [0.15, 0.2) is 0 Å². The second-order valence-electron chi connectivity index (χ2n) is 3.59. The van der Waals surface area contributed by atoms with E-state index in [1.807, 2.05) is 0 Å². The van der Waals surface area contributed by atoms with Gasteiger partial charge in [-0.15, -0.1) is 0 Å². The number of H-pyrrole nitrogens is 1. The Bertz CT molecular complexity index is 681. The SMILES string of the molecule is Cc1nc(-c2ccccc2[N+](=O)[O-])[nH]c(=O)c1F. The molecule has 0 radical (unpaired) electrons. The summed E-state index contributed by atoms with van der Waals surface area (Å²) >= 11 is 0. The summed E-state index contributed by atoms with van der Waals surface area (Å²) in [4.78, 5) is 27.5. The maximum Gasteiger partial charge on any atom is 0.287 e. The van der Waals surface area contributed by atoms with Crippen LogP contribution in [0.1, 0.15) is 5.69 Å². The number of halogens is 1. The summed E-state index contributed by atoms with van der Waals surface area (Å²) < 4.78 is 13.1. The van der Waals surface area contributed by atoms with Crippen molar-refractivity contribution in [1.82, 2.24) is 9.97 Å². The highest BCUT2D eigenvalue weighted by Crippen LogP contribution is 2.26. The molecule has 1 aromatic heterocycles. The number of nitrogens with zero attached hydrogens (tertiary/aromatic N) is 2. The Morgan fingerprint density at radius 3 is 2.67 bits per heavy atom. The molecule has 1 N–H and O–H groups in total. The van der Waals surface area contributed by atoms with E-state index in [9.17, 15) is 19.3 Å². The molecule has 0 saturated carbocycles. The van der Waals surface area contributed by atoms with E-state index in [0.29, 0.717) is 0 Å². The summed E-state index contributed by atoms with van der Waals surface area (Å²) in [6, 6.07) is 5.79. The van der Waals surface area contributed by atoms with Gasteiger partial charge >= 0.3 is 0 Å². The molecular formula is C11H8FN3O3. The Balaban J connectivity index is 2.70. The summed E-state index contributed by atoms with van der Waals surface area (Å²) in [5, 5.41) is 10.8. The second kappa shape index (κ2) is 4.36. The van der Waals surface area contributed by atoms with Crippen molar-refractivity contribution >= 4 is 5.69 Å². The van der Waals surface area contributed by atoms with Gasteiger partial charge in [-0.2, -0.15) is 4.39 Å². The predicted molar refractivity (Wildman–Crippen MR) is 61.6 cm³/mol. The van der Waals surface area contributed by atoms with Crippen molar-refractivity contribution in [1.29, 1.82) is 0 Å². The van der Waals surface area contributed by atoms with Gasteiger partial charge in [0.25, 0.3) is 11.2 Å². The Labute approximate surface area is 100 Å². The minimum Gasteiger partial charge on any atom is -0.304 e. The van der Waals surface area contributed by atoms with Crippen LogP contribution < -0.4 is 5.56 Å². The third kappa shape index (κ3) is 1.97. The van der Waals surface area contributed by atoms with Crippen LogP contribution in [0.5, 0.6) is 0 Å². The molecule has 1 heterocycles. The van der Waals surface area contributed by atoms with E-state index in [-0.39, 0.29) is 22.8 Å². The molecule has 0 fully saturated rings. The van der Waals surface area contributed by atoms with Crippen LogP contribution >= 0.6 is 0 Å². The van der Waals surface area contributed by atoms with Gasteiger partial charge in [0, 0.05) is 6.07 Å². The zero-order valence-electron chi connectivity index (χ0n) is 9.31. The molecule has 0 aliphatic rings. The quantitative estimate of drug-likeness (QED) is 0.649. The molecule has 1 aromatic carbocycles. The van der Waals surface area contributed by atoms with Crippen molar-refractivity contribution in [3.63, 3.8) is 0 Å². The van der Waals surface area contributed by atoms with E-state index in [4.69, 9.17) is 0 Å². The molecule has 7 heteroatoms. The molecule has 0 aliphatic heterocycles. The van der Waals surface area contributed by atoms with E-state index < -0.39 is 16.3 Å². The summed E-state index contributed by atoms with van der Waals surface area (Å²) in [5.41, 5.74) is -1.11. The fourth-order valence-corrected chi connectivity index (χ4v) is 1.53. The van der Waals surface area contributed by atoms with Crippen molar-refractivity contribution in [2.45, 2.75) is 6.92 Å². The Morgan fingerprint density at radius 1 is 1.39 bits per heavy atom. The normalized spacial score (nSPS) is 10.3. The predicted octanol–water partition coefficient (Wildman–Crippen LogP) is 1.79. The fourth-order valence-electron chi connectivity index (χ4n) is 1.53. The smallest absolute Gasteiger partial charge is 0.287 e. The maximum atomic E-state index is 13.1. The largest absolute Gasteiger partial charge is 0.304 e. The lowest BCUT2D eigenvalue weighted by Gasteiger charge is -2.03. The average Bonchev–Trinajstić information content (AvgIpc) is 2.35. The summed E-state index contributed by atoms with van der Waals surface area (Å²) in [5.74, 6) is -1.01.